The van der Waals surface area contributed by atoms with Crippen molar-refractivity contribution in [1.82, 2.24) is 35.1 Å². The van der Waals surface area contributed by atoms with Crippen LogP contribution >= 0.6 is 0 Å². The van der Waals surface area contributed by atoms with Gasteiger partial charge in [0.1, 0.15) is 12.2 Å². The van der Waals surface area contributed by atoms with Crippen LogP contribution in [0.2, 0.25) is 0 Å². The SMILES string of the molecule is CCn1ncnc1[C@@H](C)NC(=O)c1cn(C2CCC(N)CC2)nn1. The molecule has 0 bridgehead atoms. The van der Waals surface area contributed by atoms with Gasteiger partial charge in [-0.3, -0.25) is 4.79 Å². The van der Waals surface area contributed by atoms with Crippen molar-refractivity contribution in [3.05, 3.63) is 24.0 Å². The third kappa shape index (κ3) is 3.45. The van der Waals surface area contributed by atoms with Gasteiger partial charge in [-0.2, -0.15) is 5.10 Å². The van der Waals surface area contributed by atoms with E-state index in [2.05, 4.69) is 25.7 Å². The third-order valence-corrected chi connectivity index (χ3v) is 4.54. The number of aryl methyl sites for hydroxylation is 1. The minimum absolute atomic E-state index is 0.252. The van der Waals surface area contributed by atoms with Crippen LogP contribution in [0.25, 0.3) is 0 Å². The summed E-state index contributed by atoms with van der Waals surface area (Å²) in [5.74, 6) is 0.464. The summed E-state index contributed by atoms with van der Waals surface area (Å²) < 4.78 is 3.55. The molecule has 9 nitrogen and oxygen atoms in total. The van der Waals surface area contributed by atoms with Crippen molar-refractivity contribution in [3.8, 4) is 0 Å². The predicted octanol–water partition coefficient (Wildman–Crippen LogP) is 0.823. The van der Waals surface area contributed by atoms with Crippen molar-refractivity contribution < 1.29 is 4.79 Å². The maximum Gasteiger partial charge on any atom is 0.274 e. The molecule has 1 aliphatic carbocycles. The highest BCUT2D eigenvalue weighted by Gasteiger charge is 2.23. The summed E-state index contributed by atoms with van der Waals surface area (Å²) in [6.07, 6.45) is 7.12. The Morgan fingerprint density at radius 3 is 2.88 bits per heavy atom. The Hall–Kier alpha value is -2.29. The molecule has 0 spiro atoms. The fourth-order valence-corrected chi connectivity index (χ4v) is 3.11. The highest BCUT2D eigenvalue weighted by atomic mass is 16.2. The first kappa shape index (κ1) is 16.6. The zero-order valence-corrected chi connectivity index (χ0v) is 14.1. The molecule has 0 radical (unpaired) electrons. The second-order valence-electron chi connectivity index (χ2n) is 6.28. The number of nitrogens with zero attached hydrogens (tertiary/aromatic N) is 6. The molecule has 130 valence electrons. The number of hydrogen-bond acceptors (Lipinski definition) is 6. The van der Waals surface area contributed by atoms with Gasteiger partial charge in [0.25, 0.3) is 5.91 Å². The van der Waals surface area contributed by atoms with Gasteiger partial charge in [0, 0.05) is 12.6 Å². The average Bonchev–Trinajstić information content (AvgIpc) is 3.24. The van der Waals surface area contributed by atoms with Gasteiger partial charge in [-0.1, -0.05) is 5.21 Å². The lowest BCUT2D eigenvalue weighted by molar-refractivity contribution is 0.0932. The van der Waals surface area contributed by atoms with Crippen molar-refractivity contribution in [2.24, 2.45) is 5.73 Å². The molecule has 1 aliphatic rings. The van der Waals surface area contributed by atoms with E-state index in [4.69, 9.17) is 5.73 Å². The van der Waals surface area contributed by atoms with E-state index in [0.717, 1.165) is 31.5 Å². The fourth-order valence-electron chi connectivity index (χ4n) is 3.11. The number of nitrogens with two attached hydrogens (primary N) is 1. The molecule has 2 heterocycles. The van der Waals surface area contributed by atoms with Crippen LogP contribution in [0, 0.1) is 0 Å². The quantitative estimate of drug-likeness (QED) is 0.837. The molecule has 9 heteroatoms. The van der Waals surface area contributed by atoms with Crippen LogP contribution in [-0.4, -0.2) is 41.7 Å². The Morgan fingerprint density at radius 2 is 2.17 bits per heavy atom. The van der Waals surface area contributed by atoms with Crippen LogP contribution < -0.4 is 11.1 Å². The number of hydrogen-bond donors (Lipinski definition) is 2. The number of carbonyl (C=O) groups excluding carboxylic acids is 1. The summed E-state index contributed by atoms with van der Waals surface area (Å²) in [5.41, 5.74) is 6.25. The van der Waals surface area contributed by atoms with E-state index in [1.807, 2.05) is 13.8 Å². The number of aromatic nitrogens is 6. The largest absolute Gasteiger partial charge is 0.341 e. The second kappa shape index (κ2) is 7.08. The van der Waals surface area contributed by atoms with Crippen LogP contribution in [0.15, 0.2) is 12.5 Å². The first-order valence-electron chi connectivity index (χ1n) is 8.44. The first-order chi connectivity index (χ1) is 11.6. The summed E-state index contributed by atoms with van der Waals surface area (Å²) in [6.45, 7) is 4.56. The molecular weight excluding hydrogens is 308 g/mol. The van der Waals surface area contributed by atoms with E-state index in [9.17, 15) is 4.79 Å². The molecular formula is C15H24N8O. The van der Waals surface area contributed by atoms with Crippen molar-refractivity contribution in [2.45, 2.75) is 64.2 Å². The van der Waals surface area contributed by atoms with Crippen LogP contribution in [0.5, 0.6) is 0 Å². The maximum atomic E-state index is 12.4. The average molecular weight is 332 g/mol. The molecule has 24 heavy (non-hydrogen) atoms. The van der Waals surface area contributed by atoms with E-state index in [0.29, 0.717) is 12.2 Å². The van der Waals surface area contributed by atoms with Gasteiger partial charge in [0.05, 0.1) is 18.3 Å². The topological polar surface area (TPSA) is 117 Å². The van der Waals surface area contributed by atoms with Gasteiger partial charge in [-0.25, -0.2) is 14.3 Å². The molecule has 0 unspecified atom stereocenters. The van der Waals surface area contributed by atoms with E-state index in [1.54, 1.807) is 15.6 Å². The Labute approximate surface area is 140 Å². The van der Waals surface area contributed by atoms with Crippen LogP contribution in [0.1, 0.15) is 67.9 Å². The Morgan fingerprint density at radius 1 is 1.42 bits per heavy atom. The van der Waals surface area contributed by atoms with Crippen molar-refractivity contribution >= 4 is 5.91 Å². The normalized spacial score (nSPS) is 22.3. The van der Waals surface area contributed by atoms with Crippen LogP contribution in [0.3, 0.4) is 0 Å². The molecule has 3 N–H and O–H groups in total. The van der Waals surface area contributed by atoms with E-state index < -0.39 is 0 Å². The van der Waals surface area contributed by atoms with Gasteiger partial charge in [-0.05, 0) is 39.5 Å². The molecule has 0 saturated heterocycles. The van der Waals surface area contributed by atoms with E-state index in [1.165, 1.54) is 6.33 Å². The van der Waals surface area contributed by atoms with Crippen molar-refractivity contribution in [3.63, 3.8) is 0 Å². The maximum absolute atomic E-state index is 12.4. The molecule has 1 amide bonds. The fraction of sp³-hybridized carbons (Fsp3) is 0.667. The lowest BCUT2D eigenvalue weighted by atomic mass is 9.92. The number of rotatable bonds is 5. The second-order valence-corrected chi connectivity index (χ2v) is 6.28. The smallest absolute Gasteiger partial charge is 0.274 e. The first-order valence-corrected chi connectivity index (χ1v) is 8.44. The van der Waals surface area contributed by atoms with Gasteiger partial charge in [-0.15, -0.1) is 5.10 Å². The van der Waals surface area contributed by atoms with Gasteiger partial charge in [0.2, 0.25) is 0 Å². The van der Waals surface area contributed by atoms with Gasteiger partial charge < -0.3 is 11.1 Å². The standard InChI is InChI=1S/C15H24N8O/c1-3-22-14(17-9-18-22)10(2)19-15(24)13-8-23(21-20-13)12-6-4-11(16)5-7-12/h8-12H,3-7,16H2,1-2H3,(H,19,24)/t10-,11?,12?/m1/s1. The molecule has 0 aliphatic heterocycles. The third-order valence-electron chi connectivity index (χ3n) is 4.54. The molecule has 3 rings (SSSR count). The highest BCUT2D eigenvalue weighted by molar-refractivity contribution is 5.92. The van der Waals surface area contributed by atoms with Gasteiger partial charge >= 0.3 is 0 Å². The summed E-state index contributed by atoms with van der Waals surface area (Å²) >= 11 is 0. The van der Waals surface area contributed by atoms with E-state index in [-0.39, 0.29) is 24.0 Å². The Balaban J connectivity index is 1.63. The van der Waals surface area contributed by atoms with Crippen molar-refractivity contribution in [1.29, 1.82) is 0 Å². The summed E-state index contributed by atoms with van der Waals surface area (Å²) in [5, 5.41) is 15.2. The van der Waals surface area contributed by atoms with E-state index >= 15 is 0 Å². The molecule has 1 atom stereocenters. The summed E-state index contributed by atoms with van der Waals surface area (Å²) in [6, 6.07) is 0.307. The Bertz CT molecular complexity index is 685. The minimum atomic E-state index is -0.257. The number of nitrogens with one attached hydrogen (secondary N) is 1. The molecule has 2 aromatic heterocycles. The zero-order valence-electron chi connectivity index (χ0n) is 14.1. The highest BCUT2D eigenvalue weighted by Crippen LogP contribution is 2.26. The lowest BCUT2D eigenvalue weighted by Gasteiger charge is -2.25. The van der Waals surface area contributed by atoms with Crippen molar-refractivity contribution in [2.75, 3.05) is 0 Å². The number of amides is 1. The zero-order chi connectivity index (χ0) is 17.1. The summed E-state index contributed by atoms with van der Waals surface area (Å²) in [7, 11) is 0. The monoisotopic (exact) mass is 332 g/mol. The Kier molecular flexibility index (Phi) is 4.89. The van der Waals surface area contributed by atoms with Gasteiger partial charge in [0.15, 0.2) is 5.69 Å². The molecule has 1 fully saturated rings. The molecule has 1 saturated carbocycles. The molecule has 0 aromatic carbocycles. The lowest BCUT2D eigenvalue weighted by Crippen LogP contribution is -2.29. The van der Waals surface area contributed by atoms with Crippen LogP contribution in [0.4, 0.5) is 0 Å². The number of carbonyl (C=O) groups is 1. The minimum Gasteiger partial charge on any atom is -0.341 e. The van der Waals surface area contributed by atoms with Crippen LogP contribution in [-0.2, 0) is 6.54 Å². The molecule has 2 aromatic rings. The predicted molar refractivity (Wildman–Crippen MR) is 87.1 cm³/mol. The summed E-state index contributed by atoms with van der Waals surface area (Å²) in [4.78, 5) is 16.6.